The van der Waals surface area contributed by atoms with E-state index in [9.17, 15) is 4.79 Å². The van der Waals surface area contributed by atoms with Gasteiger partial charge < -0.3 is 10.1 Å². The first-order valence-corrected chi connectivity index (χ1v) is 9.42. The highest BCUT2D eigenvalue weighted by Crippen LogP contribution is 2.37. The lowest BCUT2D eigenvalue weighted by atomic mass is 9.81. The van der Waals surface area contributed by atoms with Crippen LogP contribution in [0.1, 0.15) is 45.2 Å². The topological polar surface area (TPSA) is 64.1 Å². The number of fused-ring (bicyclic) bond motifs is 1. The minimum Gasteiger partial charge on any atom is -0.496 e. The van der Waals surface area contributed by atoms with Crippen LogP contribution in [0, 0.1) is 13.8 Å². The molecular weight excluding hydrogens is 350 g/mol. The molecule has 1 N–H and O–H groups in total. The molecule has 0 fully saturated rings. The number of methoxy groups -OCH3 is 1. The first-order chi connectivity index (χ1) is 13.5. The van der Waals surface area contributed by atoms with E-state index in [0.717, 1.165) is 28.4 Å². The number of benzene rings is 2. The van der Waals surface area contributed by atoms with Gasteiger partial charge in [-0.15, -0.1) is 0 Å². The van der Waals surface area contributed by atoms with Crippen molar-refractivity contribution < 1.29 is 9.53 Å². The Balaban J connectivity index is 1.68. The maximum Gasteiger partial charge on any atom is 0.227 e. The number of rotatable bonds is 4. The van der Waals surface area contributed by atoms with E-state index in [1.54, 1.807) is 7.11 Å². The van der Waals surface area contributed by atoms with Gasteiger partial charge >= 0.3 is 0 Å². The monoisotopic (exact) mass is 373 g/mol. The zero-order chi connectivity index (χ0) is 19.7. The molecule has 1 aliphatic carbocycles. The summed E-state index contributed by atoms with van der Waals surface area (Å²) in [5.74, 6) is 1.48. The van der Waals surface area contributed by atoms with E-state index in [2.05, 4.69) is 15.3 Å². The molecule has 1 aliphatic rings. The van der Waals surface area contributed by atoms with Gasteiger partial charge in [0.1, 0.15) is 5.75 Å². The van der Waals surface area contributed by atoms with Crippen molar-refractivity contribution in [2.75, 3.05) is 12.4 Å². The highest BCUT2D eigenvalue weighted by Gasteiger charge is 2.31. The number of hydrogen-bond acceptors (Lipinski definition) is 5. The largest absolute Gasteiger partial charge is 0.496 e. The number of nitrogens with one attached hydrogen (secondary N) is 1. The Bertz CT molecular complexity index is 1030. The van der Waals surface area contributed by atoms with E-state index >= 15 is 0 Å². The summed E-state index contributed by atoms with van der Waals surface area (Å²) >= 11 is 0. The van der Waals surface area contributed by atoms with Gasteiger partial charge in [0.25, 0.3) is 0 Å². The maximum absolute atomic E-state index is 12.9. The third-order valence-corrected chi connectivity index (χ3v) is 5.20. The Morgan fingerprint density at radius 2 is 1.75 bits per heavy atom. The lowest BCUT2D eigenvalue weighted by Gasteiger charge is -2.25. The second kappa shape index (κ2) is 7.43. The normalized spacial score (nSPS) is 15.8. The number of carbonyl (C=O) groups excluding carboxylic acids is 1. The van der Waals surface area contributed by atoms with Crippen LogP contribution < -0.4 is 10.1 Å². The summed E-state index contributed by atoms with van der Waals surface area (Å²) in [5, 5.41) is 3.26. The summed E-state index contributed by atoms with van der Waals surface area (Å²) in [6.07, 6.45) is 1.13. The third kappa shape index (κ3) is 3.48. The van der Waals surface area contributed by atoms with Crippen LogP contribution >= 0.6 is 0 Å². The predicted octanol–water partition coefficient (Wildman–Crippen LogP) is 4.76. The standard InChI is InChI=1S/C23H23N3O2/c1-14-8-10-17(11-9-14)25-23-24-15(2)22-19(26-23)12-16(13-20(22)27)18-6-4-5-7-21(18)28-3/h4-11,16H,12-13H2,1-3H3,(H,24,25,26). The van der Waals surface area contributed by atoms with Gasteiger partial charge in [-0.2, -0.15) is 0 Å². The van der Waals surface area contributed by atoms with Crippen molar-refractivity contribution in [2.24, 2.45) is 0 Å². The second-order valence-corrected chi connectivity index (χ2v) is 7.22. The number of ketones is 1. The number of Topliss-reactive ketones (excluding diaryl/α,β-unsaturated/α-hetero) is 1. The average molecular weight is 373 g/mol. The minimum absolute atomic E-state index is 0.0534. The second-order valence-electron chi connectivity index (χ2n) is 7.22. The van der Waals surface area contributed by atoms with Crippen LogP contribution in [0.3, 0.4) is 0 Å². The Morgan fingerprint density at radius 3 is 2.50 bits per heavy atom. The fourth-order valence-corrected chi connectivity index (χ4v) is 3.82. The molecule has 0 saturated heterocycles. The van der Waals surface area contributed by atoms with Crippen LogP contribution in [0.4, 0.5) is 11.6 Å². The number of nitrogens with zero attached hydrogens (tertiary/aromatic N) is 2. The SMILES string of the molecule is COc1ccccc1C1CC(=O)c2c(C)nc(Nc3ccc(C)cc3)nc2C1. The molecule has 2 aromatic carbocycles. The Labute approximate surface area is 164 Å². The number of ether oxygens (including phenoxy) is 1. The van der Waals surface area contributed by atoms with Gasteiger partial charge in [0.2, 0.25) is 5.95 Å². The Hall–Kier alpha value is -3.21. The molecule has 0 aliphatic heterocycles. The lowest BCUT2D eigenvalue weighted by Crippen LogP contribution is -2.23. The molecule has 4 rings (SSSR count). The van der Waals surface area contributed by atoms with Gasteiger partial charge in [-0.05, 0) is 44.0 Å². The number of hydrogen-bond donors (Lipinski definition) is 1. The Morgan fingerprint density at radius 1 is 1.00 bits per heavy atom. The van der Waals surface area contributed by atoms with Crippen LogP contribution in [0.25, 0.3) is 0 Å². The average Bonchev–Trinajstić information content (AvgIpc) is 2.69. The van der Waals surface area contributed by atoms with Crippen molar-refractivity contribution in [1.82, 2.24) is 9.97 Å². The van der Waals surface area contributed by atoms with Crippen molar-refractivity contribution in [3.8, 4) is 5.75 Å². The zero-order valence-corrected chi connectivity index (χ0v) is 16.3. The van der Waals surface area contributed by atoms with E-state index in [1.807, 2.05) is 62.4 Å². The van der Waals surface area contributed by atoms with Crippen LogP contribution in [0.15, 0.2) is 48.5 Å². The van der Waals surface area contributed by atoms with E-state index in [4.69, 9.17) is 4.74 Å². The van der Waals surface area contributed by atoms with Gasteiger partial charge in [0.05, 0.1) is 24.1 Å². The zero-order valence-electron chi connectivity index (χ0n) is 16.3. The minimum atomic E-state index is 0.0534. The van der Waals surface area contributed by atoms with E-state index in [0.29, 0.717) is 24.4 Å². The van der Waals surface area contributed by atoms with Crippen molar-refractivity contribution in [1.29, 1.82) is 0 Å². The summed E-state index contributed by atoms with van der Waals surface area (Å²) in [7, 11) is 1.66. The van der Waals surface area contributed by atoms with E-state index in [1.165, 1.54) is 5.56 Å². The fraction of sp³-hybridized carbons (Fsp3) is 0.261. The van der Waals surface area contributed by atoms with Gasteiger partial charge in [-0.1, -0.05) is 35.9 Å². The summed E-state index contributed by atoms with van der Waals surface area (Å²) in [4.78, 5) is 22.1. The number of anilines is 2. The quantitative estimate of drug-likeness (QED) is 0.714. The van der Waals surface area contributed by atoms with Gasteiger partial charge in [0.15, 0.2) is 5.78 Å². The van der Waals surface area contributed by atoms with E-state index < -0.39 is 0 Å². The molecule has 1 heterocycles. The molecule has 142 valence electrons. The van der Waals surface area contributed by atoms with Crippen LogP contribution in [-0.2, 0) is 6.42 Å². The van der Waals surface area contributed by atoms with Crippen molar-refractivity contribution in [3.05, 3.63) is 76.6 Å². The molecule has 0 amide bonds. The first kappa shape index (κ1) is 18.2. The number of carbonyl (C=O) groups is 1. The molecule has 5 heteroatoms. The maximum atomic E-state index is 12.9. The van der Waals surface area contributed by atoms with Crippen LogP contribution in [0.5, 0.6) is 5.75 Å². The highest BCUT2D eigenvalue weighted by atomic mass is 16.5. The van der Waals surface area contributed by atoms with Crippen LogP contribution in [0.2, 0.25) is 0 Å². The van der Waals surface area contributed by atoms with Gasteiger partial charge in [0, 0.05) is 18.0 Å². The van der Waals surface area contributed by atoms with Gasteiger partial charge in [-0.25, -0.2) is 9.97 Å². The fourth-order valence-electron chi connectivity index (χ4n) is 3.82. The first-order valence-electron chi connectivity index (χ1n) is 9.42. The number of aromatic nitrogens is 2. The molecule has 1 unspecified atom stereocenters. The number of aryl methyl sites for hydroxylation is 2. The van der Waals surface area contributed by atoms with Crippen molar-refractivity contribution in [2.45, 2.75) is 32.6 Å². The van der Waals surface area contributed by atoms with Crippen molar-refractivity contribution >= 4 is 17.4 Å². The Kier molecular flexibility index (Phi) is 4.82. The van der Waals surface area contributed by atoms with Crippen LogP contribution in [-0.4, -0.2) is 22.9 Å². The third-order valence-electron chi connectivity index (χ3n) is 5.20. The molecule has 0 spiro atoms. The molecule has 0 bridgehead atoms. The summed E-state index contributed by atoms with van der Waals surface area (Å²) in [6.45, 7) is 3.93. The molecule has 28 heavy (non-hydrogen) atoms. The molecule has 0 radical (unpaired) electrons. The molecular formula is C23H23N3O2. The summed E-state index contributed by atoms with van der Waals surface area (Å²) in [6, 6.07) is 16.0. The molecule has 1 atom stereocenters. The predicted molar refractivity (Wildman–Crippen MR) is 110 cm³/mol. The van der Waals surface area contributed by atoms with E-state index in [-0.39, 0.29) is 11.7 Å². The highest BCUT2D eigenvalue weighted by molar-refractivity contribution is 6.00. The molecule has 5 nitrogen and oxygen atoms in total. The summed E-state index contributed by atoms with van der Waals surface area (Å²) in [5.41, 5.74) is 5.36. The molecule has 3 aromatic rings. The molecule has 1 aromatic heterocycles. The number of para-hydroxylation sites is 1. The smallest absolute Gasteiger partial charge is 0.227 e. The molecule has 0 saturated carbocycles. The van der Waals surface area contributed by atoms with Crippen molar-refractivity contribution in [3.63, 3.8) is 0 Å². The van der Waals surface area contributed by atoms with Gasteiger partial charge in [-0.3, -0.25) is 4.79 Å². The lowest BCUT2D eigenvalue weighted by molar-refractivity contribution is 0.0961. The summed E-state index contributed by atoms with van der Waals surface area (Å²) < 4.78 is 5.50.